The molecule has 1 amide bonds. The van der Waals surface area contributed by atoms with Crippen LogP contribution in [0.5, 0.6) is 5.75 Å². The smallest absolute Gasteiger partial charge is 0.237 e. The summed E-state index contributed by atoms with van der Waals surface area (Å²) in [5.41, 5.74) is 1.10. The van der Waals surface area contributed by atoms with Crippen LogP contribution in [-0.4, -0.2) is 24.1 Å². The average molecular weight is 353 g/mol. The zero-order chi connectivity index (χ0) is 16.2. The minimum atomic E-state index is -0.00773. The Morgan fingerprint density at radius 3 is 2.62 bits per heavy atom. The van der Waals surface area contributed by atoms with Gasteiger partial charge >= 0.3 is 0 Å². The number of benzene rings is 1. The molecule has 2 fully saturated rings. The number of hydrogen-bond donors (Lipinski definition) is 2. The monoisotopic (exact) mass is 352 g/mol. The minimum absolute atomic E-state index is 0. The van der Waals surface area contributed by atoms with E-state index in [1.54, 1.807) is 0 Å². The Hall–Kier alpha value is -1.26. The third kappa shape index (κ3) is 4.87. The first-order valence-electron chi connectivity index (χ1n) is 8.91. The number of fused-ring (bicyclic) bond motifs is 1. The number of rotatable bonds is 5. The van der Waals surface area contributed by atoms with Crippen molar-refractivity contribution in [3.8, 4) is 5.75 Å². The van der Waals surface area contributed by atoms with Crippen LogP contribution < -0.4 is 15.4 Å². The van der Waals surface area contributed by atoms with Crippen LogP contribution in [0, 0.1) is 5.92 Å². The SMILES string of the molecule is CC(C)Oc1ccc(CNC(=O)C2CC3CCCCC3N2)cc1.Cl. The van der Waals surface area contributed by atoms with Crippen molar-refractivity contribution in [3.05, 3.63) is 29.8 Å². The average Bonchev–Trinajstić information content (AvgIpc) is 2.97. The molecule has 134 valence electrons. The van der Waals surface area contributed by atoms with Gasteiger partial charge in [0, 0.05) is 12.6 Å². The Kier molecular flexibility index (Phi) is 6.93. The number of amides is 1. The van der Waals surface area contributed by atoms with Gasteiger partial charge in [-0.15, -0.1) is 12.4 Å². The van der Waals surface area contributed by atoms with E-state index in [2.05, 4.69) is 10.6 Å². The highest BCUT2D eigenvalue weighted by Gasteiger charge is 2.37. The van der Waals surface area contributed by atoms with Crippen molar-refractivity contribution >= 4 is 18.3 Å². The molecule has 4 nitrogen and oxygen atoms in total. The Labute approximate surface area is 151 Å². The fraction of sp³-hybridized carbons (Fsp3) is 0.632. The molecule has 1 saturated carbocycles. The third-order valence-electron chi connectivity index (χ3n) is 4.94. The Morgan fingerprint density at radius 1 is 1.25 bits per heavy atom. The van der Waals surface area contributed by atoms with Crippen LogP contribution in [0.2, 0.25) is 0 Å². The second-order valence-corrected chi connectivity index (χ2v) is 7.13. The lowest BCUT2D eigenvalue weighted by atomic mass is 9.85. The van der Waals surface area contributed by atoms with Crippen molar-refractivity contribution in [2.24, 2.45) is 5.92 Å². The number of nitrogens with one attached hydrogen (secondary N) is 2. The number of hydrogen-bond acceptors (Lipinski definition) is 3. The molecule has 1 aromatic carbocycles. The predicted molar refractivity (Wildman–Crippen MR) is 98.6 cm³/mol. The molecule has 0 spiro atoms. The molecule has 3 atom stereocenters. The maximum absolute atomic E-state index is 12.4. The van der Waals surface area contributed by atoms with Gasteiger partial charge in [0.1, 0.15) is 5.75 Å². The van der Waals surface area contributed by atoms with Crippen molar-refractivity contribution in [2.45, 2.75) is 70.7 Å². The molecule has 3 rings (SSSR count). The molecule has 3 unspecified atom stereocenters. The minimum Gasteiger partial charge on any atom is -0.491 e. The van der Waals surface area contributed by atoms with Crippen LogP contribution in [-0.2, 0) is 11.3 Å². The molecule has 24 heavy (non-hydrogen) atoms. The lowest BCUT2D eigenvalue weighted by Crippen LogP contribution is -2.42. The Balaban J connectivity index is 0.00000208. The van der Waals surface area contributed by atoms with Gasteiger partial charge in [-0.3, -0.25) is 4.79 Å². The van der Waals surface area contributed by atoms with Crippen molar-refractivity contribution in [1.29, 1.82) is 0 Å². The van der Waals surface area contributed by atoms with E-state index in [0.717, 1.165) is 17.7 Å². The van der Waals surface area contributed by atoms with Crippen LogP contribution >= 0.6 is 12.4 Å². The van der Waals surface area contributed by atoms with Crippen molar-refractivity contribution in [2.75, 3.05) is 0 Å². The van der Waals surface area contributed by atoms with Gasteiger partial charge in [-0.2, -0.15) is 0 Å². The number of halogens is 1. The van der Waals surface area contributed by atoms with Crippen LogP contribution in [0.1, 0.15) is 51.5 Å². The predicted octanol–water partition coefficient (Wildman–Crippen LogP) is 3.43. The van der Waals surface area contributed by atoms with Gasteiger partial charge in [0.25, 0.3) is 0 Å². The highest BCUT2D eigenvalue weighted by atomic mass is 35.5. The molecule has 5 heteroatoms. The molecule has 2 aliphatic rings. The topological polar surface area (TPSA) is 50.4 Å². The fourth-order valence-corrected chi connectivity index (χ4v) is 3.79. The number of carbonyl (C=O) groups is 1. The van der Waals surface area contributed by atoms with E-state index in [4.69, 9.17) is 4.74 Å². The van der Waals surface area contributed by atoms with Gasteiger partial charge in [-0.25, -0.2) is 0 Å². The molecule has 0 radical (unpaired) electrons. The van der Waals surface area contributed by atoms with E-state index in [1.807, 2.05) is 38.1 Å². The quantitative estimate of drug-likeness (QED) is 0.853. The second-order valence-electron chi connectivity index (χ2n) is 7.13. The number of carbonyl (C=O) groups excluding carboxylic acids is 1. The molecular formula is C19H29ClN2O2. The summed E-state index contributed by atoms with van der Waals surface area (Å²) in [6.07, 6.45) is 6.30. The van der Waals surface area contributed by atoms with Crippen LogP contribution in [0.3, 0.4) is 0 Å². The van der Waals surface area contributed by atoms with Crippen LogP contribution in [0.4, 0.5) is 0 Å². The lowest BCUT2D eigenvalue weighted by Gasteiger charge is -2.24. The zero-order valence-corrected chi connectivity index (χ0v) is 15.4. The van der Waals surface area contributed by atoms with Crippen LogP contribution in [0.15, 0.2) is 24.3 Å². The van der Waals surface area contributed by atoms with Crippen molar-refractivity contribution < 1.29 is 9.53 Å². The van der Waals surface area contributed by atoms with E-state index in [1.165, 1.54) is 25.7 Å². The number of ether oxygens (including phenoxy) is 1. The Bertz CT molecular complexity index is 519. The Morgan fingerprint density at radius 2 is 1.96 bits per heavy atom. The summed E-state index contributed by atoms with van der Waals surface area (Å²) in [4.78, 5) is 12.4. The summed E-state index contributed by atoms with van der Waals surface area (Å²) < 4.78 is 5.63. The molecule has 1 heterocycles. The van der Waals surface area contributed by atoms with Gasteiger partial charge in [-0.1, -0.05) is 25.0 Å². The summed E-state index contributed by atoms with van der Waals surface area (Å²) in [6.45, 7) is 4.61. The summed E-state index contributed by atoms with van der Waals surface area (Å²) in [7, 11) is 0. The molecular weight excluding hydrogens is 324 g/mol. The largest absolute Gasteiger partial charge is 0.491 e. The standard InChI is InChI=1S/C19H28N2O2.ClH/c1-13(2)23-16-9-7-14(8-10-16)12-20-19(22)18-11-15-5-3-4-6-17(15)21-18;/h7-10,13,15,17-18,21H,3-6,11-12H2,1-2H3,(H,20,22);1H. The van der Waals surface area contributed by atoms with Gasteiger partial charge in [0.2, 0.25) is 5.91 Å². The van der Waals surface area contributed by atoms with E-state index in [-0.39, 0.29) is 30.5 Å². The van der Waals surface area contributed by atoms with E-state index in [9.17, 15) is 4.79 Å². The van der Waals surface area contributed by atoms with E-state index >= 15 is 0 Å². The van der Waals surface area contributed by atoms with Gasteiger partial charge < -0.3 is 15.4 Å². The van der Waals surface area contributed by atoms with Crippen LogP contribution in [0.25, 0.3) is 0 Å². The summed E-state index contributed by atoms with van der Waals surface area (Å²) in [6, 6.07) is 8.51. The zero-order valence-electron chi connectivity index (χ0n) is 14.6. The molecule has 1 aliphatic heterocycles. The lowest BCUT2D eigenvalue weighted by molar-refractivity contribution is -0.123. The van der Waals surface area contributed by atoms with Crippen molar-refractivity contribution in [1.82, 2.24) is 10.6 Å². The summed E-state index contributed by atoms with van der Waals surface area (Å²) >= 11 is 0. The van der Waals surface area contributed by atoms with Crippen molar-refractivity contribution in [3.63, 3.8) is 0 Å². The summed E-state index contributed by atoms with van der Waals surface area (Å²) in [5.74, 6) is 1.71. The third-order valence-corrected chi connectivity index (χ3v) is 4.94. The highest BCUT2D eigenvalue weighted by Crippen LogP contribution is 2.33. The second kappa shape index (κ2) is 8.72. The van der Waals surface area contributed by atoms with Gasteiger partial charge in [0.05, 0.1) is 12.1 Å². The maximum atomic E-state index is 12.4. The van der Waals surface area contributed by atoms with Gasteiger partial charge in [0.15, 0.2) is 0 Å². The first-order valence-corrected chi connectivity index (χ1v) is 8.91. The molecule has 1 aliphatic carbocycles. The highest BCUT2D eigenvalue weighted by molar-refractivity contribution is 5.85. The van der Waals surface area contributed by atoms with Gasteiger partial charge in [-0.05, 0) is 56.7 Å². The normalized spacial score (nSPS) is 25.7. The summed E-state index contributed by atoms with van der Waals surface area (Å²) in [5, 5.41) is 6.60. The molecule has 1 saturated heterocycles. The molecule has 0 bridgehead atoms. The fourth-order valence-electron chi connectivity index (χ4n) is 3.79. The first kappa shape index (κ1) is 19.1. The van der Waals surface area contributed by atoms with E-state index in [0.29, 0.717) is 18.5 Å². The molecule has 2 N–H and O–H groups in total. The molecule has 1 aromatic rings. The molecule has 0 aromatic heterocycles. The maximum Gasteiger partial charge on any atom is 0.237 e. The first-order chi connectivity index (χ1) is 11.1. The van der Waals surface area contributed by atoms with E-state index < -0.39 is 0 Å².